The summed E-state index contributed by atoms with van der Waals surface area (Å²) >= 11 is 0. The van der Waals surface area contributed by atoms with Gasteiger partial charge in [0.25, 0.3) is 11.8 Å². The summed E-state index contributed by atoms with van der Waals surface area (Å²) in [7, 11) is -3.92. The Balaban J connectivity index is 1.83. The van der Waals surface area contributed by atoms with Crippen LogP contribution in [0.25, 0.3) is 0 Å². The predicted octanol–water partition coefficient (Wildman–Crippen LogP) is 1.69. The highest BCUT2D eigenvalue weighted by Gasteiger charge is 2.47. The molecule has 1 aromatic carbocycles. The number of sulfone groups is 1. The van der Waals surface area contributed by atoms with E-state index in [0.717, 1.165) is 0 Å². The lowest BCUT2D eigenvalue weighted by atomic mass is 9.79. The number of hydrogen-bond acceptors (Lipinski definition) is 8. The Bertz CT molecular complexity index is 1150. The first kappa shape index (κ1) is 24.4. The Hall–Kier alpha value is -3.26. The first-order valence-corrected chi connectivity index (χ1v) is 12.0. The molecule has 1 aliphatic heterocycles. The van der Waals surface area contributed by atoms with Gasteiger partial charge in [0.15, 0.2) is 9.84 Å². The van der Waals surface area contributed by atoms with Gasteiger partial charge in [-0.2, -0.15) is 5.06 Å². The van der Waals surface area contributed by atoms with Gasteiger partial charge in [-0.3, -0.25) is 19.8 Å². The standard InChI is InChI=1S/C23H25N3O6S/c1-2-3-15-32-19-6-8-20(9-7-19)33(30,31)17-23(10-13-24-14-11-23)22(28)26(29)21(27)18-5-4-12-25-16-18/h4-9,12,16,24,29H,10-11,13-15,17H2,1H3. The van der Waals surface area contributed by atoms with Crippen LogP contribution < -0.4 is 10.1 Å². The van der Waals surface area contributed by atoms with Crippen molar-refractivity contribution in [3.8, 4) is 17.6 Å². The molecule has 0 aliphatic carbocycles. The number of carbonyl (C=O) groups excluding carboxylic acids is 2. The second-order valence-corrected chi connectivity index (χ2v) is 9.63. The van der Waals surface area contributed by atoms with Crippen molar-refractivity contribution in [3.63, 3.8) is 0 Å². The van der Waals surface area contributed by atoms with Gasteiger partial charge in [0.1, 0.15) is 12.4 Å². The molecule has 2 amide bonds. The molecule has 0 unspecified atom stereocenters. The molecule has 0 saturated carbocycles. The molecule has 2 heterocycles. The van der Waals surface area contributed by atoms with Crippen LogP contribution in [-0.2, 0) is 14.6 Å². The molecule has 0 radical (unpaired) electrons. The largest absolute Gasteiger partial charge is 0.481 e. The molecule has 0 atom stereocenters. The molecule has 1 aromatic heterocycles. The number of carbonyl (C=O) groups is 2. The maximum atomic E-state index is 13.3. The molecule has 0 bridgehead atoms. The summed E-state index contributed by atoms with van der Waals surface area (Å²) < 4.78 is 31.8. The van der Waals surface area contributed by atoms with E-state index in [-0.39, 0.29) is 35.0 Å². The number of amides is 2. The van der Waals surface area contributed by atoms with E-state index in [1.54, 1.807) is 6.92 Å². The van der Waals surface area contributed by atoms with Gasteiger partial charge in [-0.15, -0.1) is 5.92 Å². The fourth-order valence-electron chi connectivity index (χ4n) is 3.64. The molecule has 2 aromatic rings. The Labute approximate surface area is 192 Å². The number of nitrogens with zero attached hydrogens (tertiary/aromatic N) is 2. The Morgan fingerprint density at radius 1 is 1.21 bits per heavy atom. The molecular weight excluding hydrogens is 446 g/mol. The SMILES string of the molecule is CC#CCOc1ccc(S(=O)(=O)CC2(C(=O)N(O)C(=O)c3cccnc3)CCNCC2)cc1. The zero-order valence-electron chi connectivity index (χ0n) is 18.2. The monoisotopic (exact) mass is 471 g/mol. The molecule has 9 nitrogen and oxygen atoms in total. The van der Waals surface area contributed by atoms with Crippen LogP contribution in [0.5, 0.6) is 5.75 Å². The van der Waals surface area contributed by atoms with Gasteiger partial charge >= 0.3 is 0 Å². The van der Waals surface area contributed by atoms with Gasteiger partial charge in [0.2, 0.25) is 0 Å². The van der Waals surface area contributed by atoms with E-state index in [1.807, 2.05) is 0 Å². The number of ether oxygens (including phenoxy) is 1. The lowest BCUT2D eigenvalue weighted by Gasteiger charge is -2.37. The second-order valence-electron chi connectivity index (χ2n) is 7.64. The van der Waals surface area contributed by atoms with Crippen LogP contribution in [0.2, 0.25) is 0 Å². The highest BCUT2D eigenvalue weighted by Crippen LogP contribution is 2.35. The minimum Gasteiger partial charge on any atom is -0.481 e. The van der Waals surface area contributed by atoms with Crippen LogP contribution >= 0.6 is 0 Å². The Morgan fingerprint density at radius 2 is 1.91 bits per heavy atom. The minimum atomic E-state index is -3.92. The summed E-state index contributed by atoms with van der Waals surface area (Å²) in [5.41, 5.74) is -1.44. The van der Waals surface area contributed by atoms with Gasteiger partial charge < -0.3 is 10.1 Å². The van der Waals surface area contributed by atoms with Gasteiger partial charge in [-0.05, 0) is 69.3 Å². The normalized spacial score (nSPS) is 15.1. The third-order valence-electron chi connectivity index (χ3n) is 5.44. The molecule has 2 N–H and O–H groups in total. The van der Waals surface area contributed by atoms with Crippen molar-refractivity contribution in [1.29, 1.82) is 0 Å². The topological polar surface area (TPSA) is 126 Å². The molecule has 3 rings (SSSR count). The van der Waals surface area contributed by atoms with E-state index >= 15 is 0 Å². The van der Waals surface area contributed by atoms with Crippen molar-refractivity contribution in [1.82, 2.24) is 15.4 Å². The molecule has 33 heavy (non-hydrogen) atoms. The first-order chi connectivity index (χ1) is 15.8. The summed E-state index contributed by atoms with van der Waals surface area (Å²) in [4.78, 5) is 29.7. The molecule has 174 valence electrons. The van der Waals surface area contributed by atoms with E-state index in [4.69, 9.17) is 4.74 Å². The van der Waals surface area contributed by atoms with Crippen molar-refractivity contribution < 1.29 is 28.0 Å². The summed E-state index contributed by atoms with van der Waals surface area (Å²) in [6.07, 6.45) is 2.98. The van der Waals surface area contributed by atoms with Crippen LogP contribution in [0.1, 0.15) is 30.1 Å². The van der Waals surface area contributed by atoms with Gasteiger partial charge in [0, 0.05) is 12.4 Å². The average molecular weight is 472 g/mol. The fourth-order valence-corrected chi connectivity index (χ4v) is 5.49. The molecule has 0 spiro atoms. The van der Waals surface area contributed by atoms with Gasteiger partial charge in [0.05, 0.1) is 21.6 Å². The lowest BCUT2D eigenvalue weighted by Crippen LogP contribution is -2.53. The van der Waals surface area contributed by atoms with Gasteiger partial charge in [-0.1, -0.05) is 5.92 Å². The van der Waals surface area contributed by atoms with Crippen molar-refractivity contribution in [2.75, 3.05) is 25.4 Å². The maximum Gasteiger partial charge on any atom is 0.286 e. The summed E-state index contributed by atoms with van der Waals surface area (Å²) in [6.45, 7) is 2.63. The van der Waals surface area contributed by atoms with Crippen molar-refractivity contribution in [3.05, 3.63) is 54.4 Å². The smallest absolute Gasteiger partial charge is 0.286 e. The number of pyridine rings is 1. The van der Waals surface area contributed by atoms with Crippen LogP contribution in [0.3, 0.4) is 0 Å². The highest BCUT2D eigenvalue weighted by molar-refractivity contribution is 7.91. The minimum absolute atomic E-state index is 0.0173. The Kier molecular flexibility index (Phi) is 7.81. The fraction of sp³-hybridized carbons (Fsp3) is 0.348. The van der Waals surface area contributed by atoms with E-state index in [1.165, 1.54) is 48.8 Å². The molecule has 10 heteroatoms. The van der Waals surface area contributed by atoms with Gasteiger partial charge in [-0.25, -0.2) is 8.42 Å². The molecule has 1 fully saturated rings. The predicted molar refractivity (Wildman–Crippen MR) is 119 cm³/mol. The second kappa shape index (κ2) is 10.6. The number of hydrogen-bond donors (Lipinski definition) is 2. The molecule has 1 aliphatic rings. The maximum absolute atomic E-state index is 13.3. The van der Waals surface area contributed by atoms with E-state index in [2.05, 4.69) is 22.1 Å². The van der Waals surface area contributed by atoms with Crippen molar-refractivity contribution >= 4 is 21.7 Å². The van der Waals surface area contributed by atoms with E-state index in [0.29, 0.717) is 18.8 Å². The quantitative estimate of drug-likeness (QED) is 0.270. The highest BCUT2D eigenvalue weighted by atomic mass is 32.2. The number of rotatable bonds is 7. The average Bonchev–Trinajstić information content (AvgIpc) is 2.84. The Morgan fingerprint density at radius 3 is 2.52 bits per heavy atom. The van der Waals surface area contributed by atoms with Crippen LogP contribution in [0.4, 0.5) is 0 Å². The van der Waals surface area contributed by atoms with E-state index in [9.17, 15) is 23.2 Å². The zero-order valence-corrected chi connectivity index (χ0v) is 19.0. The van der Waals surface area contributed by atoms with E-state index < -0.39 is 32.8 Å². The third-order valence-corrected chi connectivity index (χ3v) is 7.37. The van der Waals surface area contributed by atoms with Crippen molar-refractivity contribution in [2.24, 2.45) is 5.41 Å². The number of benzene rings is 1. The number of piperidine rings is 1. The zero-order chi connectivity index (χ0) is 23.9. The number of aromatic nitrogens is 1. The van der Waals surface area contributed by atoms with Crippen molar-refractivity contribution in [2.45, 2.75) is 24.7 Å². The molecular formula is C23H25N3O6S. The number of hydroxylamine groups is 2. The number of nitrogens with one attached hydrogen (secondary N) is 1. The first-order valence-electron chi connectivity index (χ1n) is 10.3. The summed E-state index contributed by atoms with van der Waals surface area (Å²) in [6, 6.07) is 8.75. The number of imide groups is 1. The third kappa shape index (κ3) is 5.76. The molecule has 1 saturated heterocycles. The summed E-state index contributed by atoms with van der Waals surface area (Å²) in [5.74, 6) is 3.47. The lowest BCUT2D eigenvalue weighted by molar-refractivity contribution is -0.165. The van der Waals surface area contributed by atoms with Crippen LogP contribution in [-0.4, -0.2) is 60.9 Å². The summed E-state index contributed by atoms with van der Waals surface area (Å²) in [5, 5.41) is 13.5. The van der Waals surface area contributed by atoms with Crippen LogP contribution in [0.15, 0.2) is 53.7 Å². The van der Waals surface area contributed by atoms with Crippen LogP contribution in [0, 0.1) is 17.3 Å².